The zero-order chi connectivity index (χ0) is 18.5. The zero-order valence-electron chi connectivity index (χ0n) is 15.1. The predicted octanol–water partition coefficient (Wildman–Crippen LogP) is 1.69. The van der Waals surface area contributed by atoms with Crippen LogP contribution in [0.5, 0.6) is 0 Å². The summed E-state index contributed by atoms with van der Waals surface area (Å²) in [5.41, 5.74) is 2.83. The Bertz CT molecular complexity index is 794. The van der Waals surface area contributed by atoms with Gasteiger partial charge in [-0.05, 0) is 29.7 Å². The van der Waals surface area contributed by atoms with E-state index in [1.54, 1.807) is 36.1 Å². The van der Waals surface area contributed by atoms with Crippen molar-refractivity contribution in [2.24, 2.45) is 0 Å². The first-order chi connectivity index (χ1) is 12.5. The molecule has 0 N–H and O–H groups in total. The lowest BCUT2D eigenvalue weighted by molar-refractivity contribution is -0.131. The van der Waals surface area contributed by atoms with Crippen molar-refractivity contribution in [3.8, 4) is 0 Å². The maximum atomic E-state index is 12.5. The number of hydrogen-bond acceptors (Lipinski definition) is 4. The molecule has 2 heterocycles. The van der Waals surface area contributed by atoms with Gasteiger partial charge in [-0.15, -0.1) is 5.10 Å². The molecule has 1 aliphatic rings. The first-order valence-electron chi connectivity index (χ1n) is 8.67. The Morgan fingerprint density at radius 3 is 2.62 bits per heavy atom. The Hall–Kier alpha value is -2.96. The second-order valence-electron chi connectivity index (χ2n) is 6.53. The van der Waals surface area contributed by atoms with Crippen molar-refractivity contribution in [1.82, 2.24) is 24.8 Å². The molecular formula is C19H23N5O2. The van der Waals surface area contributed by atoms with E-state index in [1.165, 1.54) is 0 Å². The molecule has 1 aromatic heterocycles. The third-order valence-corrected chi connectivity index (χ3v) is 4.44. The molecule has 0 saturated heterocycles. The van der Waals surface area contributed by atoms with Gasteiger partial charge in [0.2, 0.25) is 5.91 Å². The summed E-state index contributed by atoms with van der Waals surface area (Å²) in [6.07, 6.45) is 6.78. The molecule has 3 rings (SSSR count). The standard InChI is InChI=1S/C19H23N5O2/c1-22(2)19(26)16-7-5-15(6-8-16)17-4-3-11-23(14-17)18(25)9-12-24-13-10-20-21-24/h4-8,10,13H,3,9,11-12,14H2,1-2H3. The van der Waals surface area contributed by atoms with Gasteiger partial charge >= 0.3 is 0 Å². The average molecular weight is 353 g/mol. The molecule has 1 aromatic carbocycles. The van der Waals surface area contributed by atoms with Crippen LogP contribution in [0, 0.1) is 0 Å². The van der Waals surface area contributed by atoms with Gasteiger partial charge in [0, 0.05) is 45.4 Å². The molecule has 7 heteroatoms. The van der Waals surface area contributed by atoms with Gasteiger partial charge < -0.3 is 9.80 Å². The highest BCUT2D eigenvalue weighted by atomic mass is 16.2. The van der Waals surface area contributed by atoms with Crippen LogP contribution in [0.3, 0.4) is 0 Å². The van der Waals surface area contributed by atoms with E-state index in [1.807, 2.05) is 29.2 Å². The largest absolute Gasteiger partial charge is 0.345 e. The Balaban J connectivity index is 1.61. The first-order valence-corrected chi connectivity index (χ1v) is 8.67. The van der Waals surface area contributed by atoms with Gasteiger partial charge in [-0.25, -0.2) is 0 Å². The highest BCUT2D eigenvalue weighted by Crippen LogP contribution is 2.22. The van der Waals surface area contributed by atoms with Crippen molar-refractivity contribution in [1.29, 1.82) is 0 Å². The van der Waals surface area contributed by atoms with Gasteiger partial charge in [0.1, 0.15) is 0 Å². The third-order valence-electron chi connectivity index (χ3n) is 4.44. The highest BCUT2D eigenvalue weighted by molar-refractivity contribution is 5.94. The van der Waals surface area contributed by atoms with Gasteiger partial charge in [0.15, 0.2) is 0 Å². The Morgan fingerprint density at radius 2 is 1.96 bits per heavy atom. The van der Waals surface area contributed by atoms with Gasteiger partial charge in [0.25, 0.3) is 5.91 Å². The van der Waals surface area contributed by atoms with Crippen LogP contribution in [-0.2, 0) is 11.3 Å². The van der Waals surface area contributed by atoms with Crippen molar-refractivity contribution in [2.45, 2.75) is 19.4 Å². The van der Waals surface area contributed by atoms with Gasteiger partial charge in [-0.1, -0.05) is 23.4 Å². The van der Waals surface area contributed by atoms with Crippen LogP contribution in [0.15, 0.2) is 42.7 Å². The number of aromatic nitrogens is 3. The first kappa shape index (κ1) is 17.8. The fraction of sp³-hybridized carbons (Fsp3) is 0.368. The number of carbonyl (C=O) groups excluding carboxylic acids is 2. The van der Waals surface area contributed by atoms with Crippen LogP contribution in [0.4, 0.5) is 0 Å². The Labute approximate surface area is 152 Å². The van der Waals surface area contributed by atoms with E-state index in [0.717, 1.165) is 24.1 Å². The number of nitrogens with zero attached hydrogens (tertiary/aromatic N) is 5. The lowest BCUT2D eigenvalue weighted by Crippen LogP contribution is -2.36. The van der Waals surface area contributed by atoms with Crippen LogP contribution < -0.4 is 0 Å². The lowest BCUT2D eigenvalue weighted by Gasteiger charge is -2.28. The molecule has 2 amide bonds. The molecule has 1 aliphatic heterocycles. The maximum Gasteiger partial charge on any atom is 0.253 e. The Morgan fingerprint density at radius 1 is 1.19 bits per heavy atom. The summed E-state index contributed by atoms with van der Waals surface area (Å²) in [5.74, 6) is 0.101. The van der Waals surface area contributed by atoms with Crippen molar-refractivity contribution in [3.63, 3.8) is 0 Å². The molecule has 0 saturated carbocycles. The van der Waals surface area contributed by atoms with E-state index < -0.39 is 0 Å². The quantitative estimate of drug-likeness (QED) is 0.820. The van der Waals surface area contributed by atoms with E-state index in [-0.39, 0.29) is 11.8 Å². The van der Waals surface area contributed by atoms with Crippen molar-refractivity contribution in [3.05, 3.63) is 53.9 Å². The molecule has 0 fully saturated rings. The summed E-state index contributed by atoms with van der Waals surface area (Å²) in [5, 5.41) is 7.63. The van der Waals surface area contributed by atoms with E-state index in [2.05, 4.69) is 16.4 Å². The summed E-state index contributed by atoms with van der Waals surface area (Å²) < 4.78 is 1.67. The molecule has 0 spiro atoms. The number of carbonyl (C=O) groups is 2. The minimum Gasteiger partial charge on any atom is -0.345 e. The van der Waals surface area contributed by atoms with Crippen LogP contribution >= 0.6 is 0 Å². The maximum absolute atomic E-state index is 12.5. The number of hydrogen-bond donors (Lipinski definition) is 0. The van der Waals surface area contributed by atoms with Crippen molar-refractivity contribution in [2.75, 3.05) is 27.2 Å². The molecule has 0 atom stereocenters. The predicted molar refractivity (Wildman–Crippen MR) is 98.3 cm³/mol. The molecule has 26 heavy (non-hydrogen) atoms. The fourth-order valence-electron chi connectivity index (χ4n) is 2.97. The number of rotatable bonds is 5. The van der Waals surface area contributed by atoms with E-state index in [9.17, 15) is 9.59 Å². The van der Waals surface area contributed by atoms with Crippen LogP contribution in [0.1, 0.15) is 28.8 Å². The normalized spacial score (nSPS) is 14.1. The molecule has 7 nitrogen and oxygen atoms in total. The molecule has 136 valence electrons. The minimum absolute atomic E-state index is 0.0147. The Kier molecular flexibility index (Phi) is 5.46. The SMILES string of the molecule is CN(C)C(=O)c1ccc(C2=CCCN(C(=O)CCn3ccnn3)C2)cc1. The molecule has 0 radical (unpaired) electrons. The average Bonchev–Trinajstić information content (AvgIpc) is 3.19. The summed E-state index contributed by atoms with van der Waals surface area (Å²) in [7, 11) is 3.48. The molecule has 0 aliphatic carbocycles. The van der Waals surface area contributed by atoms with E-state index in [0.29, 0.717) is 25.1 Å². The number of amides is 2. The second-order valence-corrected chi connectivity index (χ2v) is 6.53. The second kappa shape index (κ2) is 7.95. The molecular weight excluding hydrogens is 330 g/mol. The van der Waals surface area contributed by atoms with Crippen LogP contribution in [0.25, 0.3) is 5.57 Å². The molecule has 0 bridgehead atoms. The van der Waals surface area contributed by atoms with E-state index >= 15 is 0 Å². The van der Waals surface area contributed by atoms with Crippen LogP contribution in [-0.4, -0.2) is 63.8 Å². The summed E-state index contributed by atoms with van der Waals surface area (Å²) in [4.78, 5) is 27.9. The summed E-state index contributed by atoms with van der Waals surface area (Å²) >= 11 is 0. The van der Waals surface area contributed by atoms with E-state index in [4.69, 9.17) is 0 Å². The van der Waals surface area contributed by atoms with Gasteiger partial charge in [-0.3, -0.25) is 14.3 Å². The summed E-state index contributed by atoms with van der Waals surface area (Å²) in [6.45, 7) is 1.86. The lowest BCUT2D eigenvalue weighted by atomic mass is 9.99. The van der Waals surface area contributed by atoms with Gasteiger partial charge in [-0.2, -0.15) is 0 Å². The molecule has 0 unspecified atom stereocenters. The smallest absolute Gasteiger partial charge is 0.253 e. The number of benzene rings is 1. The zero-order valence-corrected chi connectivity index (χ0v) is 15.1. The van der Waals surface area contributed by atoms with Gasteiger partial charge in [0.05, 0.1) is 12.7 Å². The third kappa shape index (κ3) is 4.17. The molecule has 2 aromatic rings. The topological polar surface area (TPSA) is 71.3 Å². The monoisotopic (exact) mass is 353 g/mol. The minimum atomic E-state index is -0.0147. The summed E-state index contributed by atoms with van der Waals surface area (Å²) in [6, 6.07) is 7.58. The fourth-order valence-corrected chi connectivity index (χ4v) is 2.97. The van der Waals surface area contributed by atoms with Crippen LogP contribution in [0.2, 0.25) is 0 Å². The van der Waals surface area contributed by atoms with Crippen molar-refractivity contribution >= 4 is 17.4 Å². The number of aryl methyl sites for hydroxylation is 1. The highest BCUT2D eigenvalue weighted by Gasteiger charge is 2.19. The van der Waals surface area contributed by atoms with Crippen molar-refractivity contribution < 1.29 is 9.59 Å².